The van der Waals surface area contributed by atoms with Gasteiger partial charge in [-0.2, -0.15) is 0 Å². The molecule has 3 fully saturated rings. The molecule has 1 atom stereocenters. The van der Waals surface area contributed by atoms with Crippen molar-refractivity contribution in [2.45, 2.75) is 45.1 Å². The van der Waals surface area contributed by atoms with Crippen LogP contribution in [0.1, 0.15) is 39.5 Å². The molecular weight excluding hydrogens is 280 g/mol. The topological polar surface area (TPSA) is 42.0 Å². The second-order valence-electron chi connectivity index (χ2n) is 7.69. The van der Waals surface area contributed by atoms with Crippen LogP contribution >= 0.6 is 0 Å². The Kier molecular flexibility index (Phi) is 4.93. The lowest BCUT2D eigenvalue weighted by Crippen LogP contribution is -2.48. The third-order valence-corrected chi connectivity index (χ3v) is 5.33. The molecule has 5 heteroatoms. The van der Waals surface area contributed by atoms with Gasteiger partial charge in [-0.15, -0.1) is 0 Å². The number of rotatable bonds is 5. The highest BCUT2D eigenvalue weighted by molar-refractivity contribution is 5.70. The number of amides is 1. The lowest BCUT2D eigenvalue weighted by molar-refractivity contribution is -0.00292. The summed E-state index contributed by atoms with van der Waals surface area (Å²) < 4.78 is 11.3. The third-order valence-electron chi connectivity index (χ3n) is 5.33. The van der Waals surface area contributed by atoms with Crippen molar-refractivity contribution in [1.29, 1.82) is 0 Å². The molecule has 0 radical (unpaired) electrons. The van der Waals surface area contributed by atoms with Crippen molar-refractivity contribution in [2.24, 2.45) is 11.8 Å². The number of ether oxygens (including phenoxy) is 2. The van der Waals surface area contributed by atoms with Crippen molar-refractivity contribution in [3.8, 4) is 0 Å². The van der Waals surface area contributed by atoms with Gasteiger partial charge in [0.25, 0.3) is 0 Å². The molecule has 0 saturated carbocycles. The van der Waals surface area contributed by atoms with Gasteiger partial charge >= 0.3 is 6.09 Å². The summed E-state index contributed by atoms with van der Waals surface area (Å²) in [6, 6.07) is 0. The molecule has 126 valence electrons. The molecule has 1 spiro atoms. The van der Waals surface area contributed by atoms with Crippen molar-refractivity contribution in [2.75, 3.05) is 45.9 Å². The van der Waals surface area contributed by atoms with Crippen LogP contribution in [0.15, 0.2) is 0 Å². The zero-order chi connectivity index (χ0) is 15.6. The van der Waals surface area contributed by atoms with Crippen LogP contribution in [0.4, 0.5) is 4.79 Å². The number of carbonyl (C=O) groups is 1. The van der Waals surface area contributed by atoms with Crippen LogP contribution < -0.4 is 0 Å². The first-order chi connectivity index (χ1) is 10.6. The van der Waals surface area contributed by atoms with E-state index in [1.54, 1.807) is 0 Å². The van der Waals surface area contributed by atoms with Crippen LogP contribution in [0.5, 0.6) is 0 Å². The Morgan fingerprint density at radius 1 is 1.32 bits per heavy atom. The van der Waals surface area contributed by atoms with Gasteiger partial charge < -0.3 is 19.3 Å². The predicted molar refractivity (Wildman–Crippen MR) is 84.8 cm³/mol. The highest BCUT2D eigenvalue weighted by Crippen LogP contribution is 2.34. The van der Waals surface area contributed by atoms with Gasteiger partial charge in [0, 0.05) is 45.6 Å². The number of carbonyl (C=O) groups excluding carboxylic acids is 1. The maximum Gasteiger partial charge on any atom is 0.410 e. The van der Waals surface area contributed by atoms with Gasteiger partial charge in [-0.25, -0.2) is 4.79 Å². The summed E-state index contributed by atoms with van der Waals surface area (Å²) in [6.45, 7) is 11.1. The molecule has 5 nitrogen and oxygen atoms in total. The Labute approximate surface area is 133 Å². The molecule has 3 aliphatic heterocycles. The van der Waals surface area contributed by atoms with E-state index in [0.717, 1.165) is 65.2 Å². The Hall–Kier alpha value is -0.810. The van der Waals surface area contributed by atoms with Crippen molar-refractivity contribution in [3.05, 3.63) is 0 Å². The van der Waals surface area contributed by atoms with Crippen LogP contribution in [0.2, 0.25) is 0 Å². The van der Waals surface area contributed by atoms with Gasteiger partial charge in [-0.1, -0.05) is 13.8 Å². The predicted octanol–water partition coefficient (Wildman–Crippen LogP) is 2.36. The first kappa shape index (κ1) is 16.1. The normalized spacial score (nSPS) is 28.8. The minimum atomic E-state index is -0.212. The molecule has 3 aliphatic rings. The van der Waals surface area contributed by atoms with Crippen molar-refractivity contribution < 1.29 is 14.3 Å². The number of hydrogen-bond donors (Lipinski definition) is 0. The molecule has 22 heavy (non-hydrogen) atoms. The highest BCUT2D eigenvalue weighted by atomic mass is 16.6. The SMILES string of the molecule is CC(C)CCN1CC2(CCN(CC3CCOC3)CC2)OC1=O. The van der Waals surface area contributed by atoms with Crippen molar-refractivity contribution in [1.82, 2.24) is 9.80 Å². The van der Waals surface area contributed by atoms with E-state index in [9.17, 15) is 4.79 Å². The Morgan fingerprint density at radius 3 is 2.73 bits per heavy atom. The Morgan fingerprint density at radius 2 is 2.09 bits per heavy atom. The maximum absolute atomic E-state index is 12.1. The molecule has 0 aromatic heterocycles. The van der Waals surface area contributed by atoms with Crippen LogP contribution in [-0.4, -0.2) is 67.4 Å². The summed E-state index contributed by atoms with van der Waals surface area (Å²) in [6.07, 6.45) is 4.10. The summed E-state index contributed by atoms with van der Waals surface area (Å²) in [7, 11) is 0. The molecule has 3 saturated heterocycles. The first-order valence-electron chi connectivity index (χ1n) is 8.84. The summed E-state index contributed by atoms with van der Waals surface area (Å²) >= 11 is 0. The van der Waals surface area contributed by atoms with Crippen molar-refractivity contribution in [3.63, 3.8) is 0 Å². The largest absolute Gasteiger partial charge is 0.441 e. The third kappa shape index (κ3) is 3.74. The smallest absolute Gasteiger partial charge is 0.410 e. The summed E-state index contributed by atoms with van der Waals surface area (Å²) in [5.41, 5.74) is -0.212. The van der Waals surface area contributed by atoms with E-state index < -0.39 is 0 Å². The van der Waals surface area contributed by atoms with Crippen molar-refractivity contribution >= 4 is 6.09 Å². The van der Waals surface area contributed by atoms with Crippen LogP contribution in [0, 0.1) is 11.8 Å². The molecule has 0 aromatic carbocycles. The summed E-state index contributed by atoms with van der Waals surface area (Å²) in [5, 5.41) is 0. The molecule has 0 aliphatic carbocycles. The number of likely N-dealkylation sites (tertiary alicyclic amines) is 1. The average Bonchev–Trinajstić information content (AvgIpc) is 3.08. The van der Waals surface area contributed by atoms with E-state index in [-0.39, 0.29) is 11.7 Å². The van der Waals surface area contributed by atoms with Crippen LogP contribution in [-0.2, 0) is 9.47 Å². The minimum absolute atomic E-state index is 0.0988. The summed E-state index contributed by atoms with van der Waals surface area (Å²) in [5.74, 6) is 1.32. The quantitative estimate of drug-likeness (QED) is 0.782. The molecule has 3 heterocycles. The number of nitrogens with zero attached hydrogens (tertiary/aromatic N) is 2. The highest BCUT2D eigenvalue weighted by Gasteiger charge is 2.46. The van der Waals surface area contributed by atoms with Gasteiger partial charge in [0.2, 0.25) is 0 Å². The average molecular weight is 310 g/mol. The molecule has 0 aromatic rings. The zero-order valence-electron chi connectivity index (χ0n) is 14.1. The molecule has 0 N–H and O–H groups in total. The van der Waals surface area contributed by atoms with E-state index in [2.05, 4.69) is 18.7 Å². The minimum Gasteiger partial charge on any atom is -0.441 e. The molecular formula is C17H30N2O3. The van der Waals surface area contributed by atoms with Gasteiger partial charge in [0.15, 0.2) is 0 Å². The Bertz CT molecular complexity index is 385. The maximum atomic E-state index is 12.1. The monoisotopic (exact) mass is 310 g/mol. The molecule has 1 amide bonds. The zero-order valence-corrected chi connectivity index (χ0v) is 14.1. The van der Waals surface area contributed by atoms with E-state index in [4.69, 9.17) is 9.47 Å². The van der Waals surface area contributed by atoms with Gasteiger partial charge in [0.1, 0.15) is 5.60 Å². The fourth-order valence-corrected chi connectivity index (χ4v) is 3.77. The fraction of sp³-hybridized carbons (Fsp3) is 0.941. The first-order valence-corrected chi connectivity index (χ1v) is 8.84. The van der Waals surface area contributed by atoms with Gasteiger partial charge in [-0.05, 0) is 24.7 Å². The second kappa shape index (κ2) is 6.75. The second-order valence-corrected chi connectivity index (χ2v) is 7.69. The summed E-state index contributed by atoms with van der Waals surface area (Å²) in [4.78, 5) is 16.5. The standard InChI is InChI=1S/C17H30N2O3/c1-14(2)3-7-19-13-17(22-16(19)20)5-8-18(9-6-17)11-15-4-10-21-12-15/h14-15H,3-13H2,1-2H3. The Balaban J connectivity index is 1.46. The lowest BCUT2D eigenvalue weighted by Gasteiger charge is -2.38. The van der Waals surface area contributed by atoms with Gasteiger partial charge in [0.05, 0.1) is 13.2 Å². The van der Waals surface area contributed by atoms with E-state index in [1.807, 2.05) is 4.90 Å². The van der Waals surface area contributed by atoms with E-state index >= 15 is 0 Å². The van der Waals surface area contributed by atoms with Crippen LogP contribution in [0.3, 0.4) is 0 Å². The number of piperidine rings is 1. The number of hydrogen-bond acceptors (Lipinski definition) is 4. The van der Waals surface area contributed by atoms with Gasteiger partial charge in [-0.3, -0.25) is 0 Å². The molecule has 1 unspecified atom stereocenters. The fourth-order valence-electron chi connectivity index (χ4n) is 3.77. The van der Waals surface area contributed by atoms with Crippen LogP contribution in [0.25, 0.3) is 0 Å². The molecule has 3 rings (SSSR count). The van der Waals surface area contributed by atoms with E-state index in [1.165, 1.54) is 6.42 Å². The lowest BCUT2D eigenvalue weighted by atomic mass is 9.90. The molecule has 0 bridgehead atoms. The van der Waals surface area contributed by atoms with E-state index in [0.29, 0.717) is 11.8 Å².